The average Bonchev–Trinajstić information content (AvgIpc) is 2.92. The van der Waals surface area contributed by atoms with Crippen LogP contribution in [0.5, 0.6) is 0 Å². The molecular formula is C21H20N2O4S. The fourth-order valence-corrected chi connectivity index (χ4v) is 3.89. The van der Waals surface area contributed by atoms with Crippen LogP contribution in [-0.4, -0.2) is 22.5 Å². The molecule has 0 saturated heterocycles. The standard InChI is InChI=1S/C21H20N2O4S/c1-4-28-19-18(15-7-11-17(12-8-15)23(26)27)20(24)22(21(19)25)16-9-5-14(6-10-16)13(2)3/h5-13H,4H2,1-3H3. The molecule has 0 aliphatic carbocycles. The molecule has 0 unspecified atom stereocenters. The molecule has 2 aromatic carbocycles. The fraction of sp³-hybridized carbons (Fsp3) is 0.238. The van der Waals surface area contributed by atoms with Crippen LogP contribution < -0.4 is 4.90 Å². The molecule has 0 spiro atoms. The lowest BCUT2D eigenvalue weighted by molar-refractivity contribution is -0.384. The first-order chi connectivity index (χ1) is 13.3. The van der Waals surface area contributed by atoms with Gasteiger partial charge in [-0.25, -0.2) is 4.90 Å². The second-order valence-electron chi connectivity index (χ2n) is 6.63. The highest BCUT2D eigenvalue weighted by Crippen LogP contribution is 2.38. The summed E-state index contributed by atoms with van der Waals surface area (Å²) in [6.45, 7) is 6.06. The van der Waals surface area contributed by atoms with Crippen LogP contribution in [0.3, 0.4) is 0 Å². The highest BCUT2D eigenvalue weighted by Gasteiger charge is 2.40. The quantitative estimate of drug-likeness (QED) is 0.400. The van der Waals surface area contributed by atoms with Crippen molar-refractivity contribution in [2.45, 2.75) is 26.7 Å². The third-order valence-corrected chi connectivity index (χ3v) is 5.47. The largest absolute Gasteiger partial charge is 0.272 e. The summed E-state index contributed by atoms with van der Waals surface area (Å²) in [5.74, 6) is 0.207. The number of nitrogens with zero attached hydrogens (tertiary/aromatic N) is 2. The number of amides is 2. The molecule has 28 heavy (non-hydrogen) atoms. The molecule has 2 aromatic rings. The third-order valence-electron chi connectivity index (χ3n) is 4.51. The lowest BCUT2D eigenvalue weighted by Gasteiger charge is -2.16. The second kappa shape index (κ2) is 7.98. The Morgan fingerprint density at radius 3 is 2.11 bits per heavy atom. The van der Waals surface area contributed by atoms with Crippen molar-refractivity contribution in [3.8, 4) is 0 Å². The summed E-state index contributed by atoms with van der Waals surface area (Å²) in [4.78, 5) is 38.1. The van der Waals surface area contributed by atoms with Crippen molar-refractivity contribution in [3.05, 3.63) is 74.7 Å². The molecule has 0 N–H and O–H groups in total. The van der Waals surface area contributed by atoms with Gasteiger partial charge in [0.15, 0.2) is 0 Å². The Morgan fingerprint density at radius 1 is 1.00 bits per heavy atom. The van der Waals surface area contributed by atoms with E-state index in [0.29, 0.717) is 33.4 Å². The minimum Gasteiger partial charge on any atom is -0.268 e. The van der Waals surface area contributed by atoms with Gasteiger partial charge in [0.05, 0.1) is 21.1 Å². The van der Waals surface area contributed by atoms with Crippen molar-refractivity contribution in [2.75, 3.05) is 10.7 Å². The van der Waals surface area contributed by atoms with Gasteiger partial charge in [0.25, 0.3) is 17.5 Å². The Kier molecular flexibility index (Phi) is 5.65. The first-order valence-electron chi connectivity index (χ1n) is 8.95. The van der Waals surface area contributed by atoms with Gasteiger partial charge in [-0.3, -0.25) is 19.7 Å². The van der Waals surface area contributed by atoms with Gasteiger partial charge in [-0.1, -0.05) is 32.9 Å². The normalized spacial score (nSPS) is 14.4. The molecule has 3 rings (SSSR count). The lowest BCUT2D eigenvalue weighted by atomic mass is 10.0. The Balaban J connectivity index is 2.01. The van der Waals surface area contributed by atoms with E-state index < -0.39 is 10.8 Å². The maximum Gasteiger partial charge on any atom is 0.272 e. The Hall–Kier alpha value is -2.93. The molecular weight excluding hydrogens is 376 g/mol. The summed E-state index contributed by atoms with van der Waals surface area (Å²) in [5.41, 5.74) is 2.37. The van der Waals surface area contributed by atoms with Gasteiger partial charge < -0.3 is 0 Å². The number of nitro benzene ring substituents is 1. The number of carbonyl (C=O) groups is 2. The number of nitro groups is 1. The lowest BCUT2D eigenvalue weighted by Crippen LogP contribution is -2.31. The van der Waals surface area contributed by atoms with Gasteiger partial charge in [-0.05, 0) is 47.1 Å². The van der Waals surface area contributed by atoms with Gasteiger partial charge in [0, 0.05) is 12.1 Å². The van der Waals surface area contributed by atoms with E-state index in [-0.39, 0.29) is 11.6 Å². The van der Waals surface area contributed by atoms with E-state index in [1.807, 2.05) is 19.1 Å². The molecule has 0 bridgehead atoms. The summed E-state index contributed by atoms with van der Waals surface area (Å²) in [5, 5.41) is 10.9. The van der Waals surface area contributed by atoms with Crippen LogP contribution in [0.15, 0.2) is 53.4 Å². The molecule has 0 radical (unpaired) electrons. The highest BCUT2D eigenvalue weighted by molar-refractivity contribution is 8.04. The van der Waals surface area contributed by atoms with Crippen molar-refractivity contribution in [1.82, 2.24) is 0 Å². The van der Waals surface area contributed by atoms with Crippen molar-refractivity contribution in [2.24, 2.45) is 0 Å². The maximum absolute atomic E-state index is 13.1. The van der Waals surface area contributed by atoms with E-state index in [1.54, 1.807) is 12.1 Å². The number of anilines is 1. The number of hydrogen-bond acceptors (Lipinski definition) is 5. The molecule has 0 atom stereocenters. The smallest absolute Gasteiger partial charge is 0.268 e. The van der Waals surface area contributed by atoms with Crippen molar-refractivity contribution in [1.29, 1.82) is 0 Å². The molecule has 1 heterocycles. The Bertz CT molecular complexity index is 963. The van der Waals surface area contributed by atoms with E-state index in [1.165, 1.54) is 40.9 Å². The van der Waals surface area contributed by atoms with Crippen LogP contribution in [0.4, 0.5) is 11.4 Å². The minimum absolute atomic E-state index is 0.0630. The van der Waals surface area contributed by atoms with Gasteiger partial charge in [0.1, 0.15) is 0 Å². The predicted octanol–water partition coefficient (Wildman–Crippen LogP) is 4.76. The first kappa shape index (κ1) is 19.8. The summed E-state index contributed by atoms with van der Waals surface area (Å²) < 4.78 is 0. The number of imide groups is 1. The number of hydrogen-bond donors (Lipinski definition) is 0. The predicted molar refractivity (Wildman–Crippen MR) is 111 cm³/mol. The van der Waals surface area contributed by atoms with E-state index in [4.69, 9.17) is 0 Å². The molecule has 0 aromatic heterocycles. The summed E-state index contributed by atoms with van der Waals surface area (Å²) >= 11 is 1.30. The summed E-state index contributed by atoms with van der Waals surface area (Å²) in [6.07, 6.45) is 0. The minimum atomic E-state index is -0.496. The Morgan fingerprint density at radius 2 is 1.61 bits per heavy atom. The number of non-ortho nitro benzene ring substituents is 1. The molecule has 1 aliphatic heterocycles. The van der Waals surface area contributed by atoms with Crippen LogP contribution in [-0.2, 0) is 9.59 Å². The summed E-state index contributed by atoms with van der Waals surface area (Å²) in [7, 11) is 0. The molecule has 0 saturated carbocycles. The zero-order chi connectivity index (χ0) is 20.4. The number of rotatable bonds is 6. The van der Waals surface area contributed by atoms with Crippen LogP contribution in [0.2, 0.25) is 0 Å². The van der Waals surface area contributed by atoms with E-state index in [0.717, 1.165) is 5.56 Å². The van der Waals surface area contributed by atoms with Crippen LogP contribution in [0.25, 0.3) is 5.57 Å². The van der Waals surface area contributed by atoms with Gasteiger partial charge in [0.2, 0.25) is 0 Å². The van der Waals surface area contributed by atoms with Crippen LogP contribution in [0.1, 0.15) is 37.8 Å². The number of benzene rings is 2. The van der Waals surface area contributed by atoms with E-state index in [2.05, 4.69) is 13.8 Å². The zero-order valence-corrected chi connectivity index (χ0v) is 16.7. The van der Waals surface area contributed by atoms with Gasteiger partial charge in [-0.15, -0.1) is 11.8 Å². The SMILES string of the molecule is CCSC1=C(c2ccc([N+](=O)[O-])cc2)C(=O)N(c2ccc(C(C)C)cc2)C1=O. The fourth-order valence-electron chi connectivity index (χ4n) is 3.04. The van der Waals surface area contributed by atoms with Crippen molar-refractivity contribution in [3.63, 3.8) is 0 Å². The van der Waals surface area contributed by atoms with E-state index >= 15 is 0 Å². The first-order valence-corrected chi connectivity index (χ1v) is 9.94. The molecule has 2 amide bonds. The van der Waals surface area contributed by atoms with Gasteiger partial charge in [-0.2, -0.15) is 0 Å². The number of carbonyl (C=O) groups excluding carboxylic acids is 2. The van der Waals surface area contributed by atoms with Crippen LogP contribution >= 0.6 is 11.8 Å². The summed E-state index contributed by atoms with van der Waals surface area (Å²) in [6, 6.07) is 13.1. The topological polar surface area (TPSA) is 80.5 Å². The molecule has 1 aliphatic rings. The molecule has 7 heteroatoms. The molecule has 0 fully saturated rings. The Labute approximate surface area is 167 Å². The zero-order valence-electron chi connectivity index (χ0n) is 15.8. The highest BCUT2D eigenvalue weighted by atomic mass is 32.2. The van der Waals surface area contributed by atoms with Crippen molar-refractivity contribution < 1.29 is 14.5 Å². The molecule has 144 valence electrons. The monoisotopic (exact) mass is 396 g/mol. The third kappa shape index (κ3) is 3.57. The number of thioether (sulfide) groups is 1. The second-order valence-corrected chi connectivity index (χ2v) is 7.91. The van der Waals surface area contributed by atoms with Gasteiger partial charge >= 0.3 is 0 Å². The van der Waals surface area contributed by atoms with Crippen molar-refractivity contribution >= 4 is 40.5 Å². The average molecular weight is 396 g/mol. The molecule has 6 nitrogen and oxygen atoms in total. The van der Waals surface area contributed by atoms with Crippen LogP contribution in [0, 0.1) is 10.1 Å². The maximum atomic E-state index is 13.1. The van der Waals surface area contributed by atoms with E-state index in [9.17, 15) is 19.7 Å².